The van der Waals surface area contributed by atoms with Crippen molar-refractivity contribution in [3.05, 3.63) is 23.5 Å². The van der Waals surface area contributed by atoms with Gasteiger partial charge in [-0.3, -0.25) is 9.89 Å². The second-order valence-electron chi connectivity index (χ2n) is 4.30. The molecule has 98 valence electrons. The SMILES string of the molecule is C/N=C/c1nc(CCN2CCOCC2)ccc1O. The first-order chi connectivity index (χ1) is 8.79. The molecule has 2 heterocycles. The van der Waals surface area contributed by atoms with Gasteiger partial charge in [0.25, 0.3) is 0 Å². The number of hydrogen-bond acceptors (Lipinski definition) is 5. The van der Waals surface area contributed by atoms with Crippen molar-refractivity contribution in [2.45, 2.75) is 6.42 Å². The zero-order valence-corrected chi connectivity index (χ0v) is 10.7. The van der Waals surface area contributed by atoms with Crippen molar-refractivity contribution in [2.24, 2.45) is 4.99 Å². The molecule has 1 fully saturated rings. The van der Waals surface area contributed by atoms with Crippen molar-refractivity contribution < 1.29 is 9.84 Å². The maximum Gasteiger partial charge on any atom is 0.142 e. The molecule has 0 radical (unpaired) electrons. The van der Waals surface area contributed by atoms with Gasteiger partial charge in [-0.25, -0.2) is 4.98 Å². The molecule has 0 atom stereocenters. The number of aliphatic imine (C=N–C) groups is 1. The van der Waals surface area contributed by atoms with Crippen molar-refractivity contribution in [3.8, 4) is 5.75 Å². The first-order valence-corrected chi connectivity index (χ1v) is 6.21. The Morgan fingerprint density at radius 2 is 2.22 bits per heavy atom. The van der Waals surface area contributed by atoms with E-state index in [9.17, 15) is 5.11 Å². The largest absolute Gasteiger partial charge is 0.506 e. The van der Waals surface area contributed by atoms with Crippen molar-refractivity contribution >= 4 is 6.21 Å². The standard InChI is InChI=1S/C13H19N3O2/c1-14-10-12-13(17)3-2-11(15-12)4-5-16-6-8-18-9-7-16/h2-3,10,17H,4-9H2,1H3/b14-10+. The summed E-state index contributed by atoms with van der Waals surface area (Å²) in [4.78, 5) is 10.6. The van der Waals surface area contributed by atoms with Gasteiger partial charge >= 0.3 is 0 Å². The van der Waals surface area contributed by atoms with E-state index in [1.165, 1.54) is 0 Å². The van der Waals surface area contributed by atoms with E-state index >= 15 is 0 Å². The van der Waals surface area contributed by atoms with Crippen LogP contribution in [0.25, 0.3) is 0 Å². The van der Waals surface area contributed by atoms with Crippen LogP contribution in [0.1, 0.15) is 11.4 Å². The molecule has 2 rings (SSSR count). The molecule has 1 saturated heterocycles. The van der Waals surface area contributed by atoms with E-state index in [2.05, 4.69) is 14.9 Å². The summed E-state index contributed by atoms with van der Waals surface area (Å²) in [7, 11) is 1.67. The van der Waals surface area contributed by atoms with Crippen molar-refractivity contribution in [3.63, 3.8) is 0 Å². The first kappa shape index (κ1) is 13.0. The van der Waals surface area contributed by atoms with E-state index in [1.54, 1.807) is 19.3 Å². The molecule has 0 bridgehead atoms. The number of nitrogens with zero attached hydrogens (tertiary/aromatic N) is 3. The van der Waals surface area contributed by atoms with E-state index in [4.69, 9.17) is 4.74 Å². The summed E-state index contributed by atoms with van der Waals surface area (Å²) >= 11 is 0. The van der Waals surface area contributed by atoms with Crippen LogP contribution >= 0.6 is 0 Å². The predicted molar refractivity (Wildman–Crippen MR) is 70.4 cm³/mol. The summed E-state index contributed by atoms with van der Waals surface area (Å²) in [5.41, 5.74) is 1.52. The number of aromatic hydroxyl groups is 1. The summed E-state index contributed by atoms with van der Waals surface area (Å²) in [6.45, 7) is 4.58. The average Bonchev–Trinajstić information content (AvgIpc) is 2.41. The minimum Gasteiger partial charge on any atom is -0.506 e. The Hall–Kier alpha value is -1.46. The number of hydrogen-bond donors (Lipinski definition) is 1. The normalized spacial score (nSPS) is 17.4. The molecule has 1 N–H and O–H groups in total. The third kappa shape index (κ3) is 3.51. The van der Waals surface area contributed by atoms with E-state index < -0.39 is 0 Å². The van der Waals surface area contributed by atoms with Gasteiger partial charge in [-0.1, -0.05) is 0 Å². The minimum atomic E-state index is 0.177. The van der Waals surface area contributed by atoms with Gasteiger partial charge in [-0.05, 0) is 12.1 Å². The van der Waals surface area contributed by atoms with Crippen molar-refractivity contribution in [1.29, 1.82) is 0 Å². The Balaban J connectivity index is 1.94. The minimum absolute atomic E-state index is 0.177. The maximum absolute atomic E-state index is 9.60. The second kappa shape index (κ2) is 6.47. The lowest BCUT2D eigenvalue weighted by Gasteiger charge is -2.26. The van der Waals surface area contributed by atoms with Gasteiger partial charge in [0, 0.05) is 38.8 Å². The maximum atomic E-state index is 9.60. The highest BCUT2D eigenvalue weighted by atomic mass is 16.5. The Bertz CT molecular complexity index is 415. The summed E-state index contributed by atoms with van der Waals surface area (Å²) < 4.78 is 5.31. The third-order valence-electron chi connectivity index (χ3n) is 3.00. The predicted octanol–water partition coefficient (Wildman–Crippen LogP) is 0.711. The van der Waals surface area contributed by atoms with E-state index in [0.29, 0.717) is 5.69 Å². The van der Waals surface area contributed by atoms with Gasteiger partial charge in [-0.2, -0.15) is 0 Å². The molecule has 0 aromatic carbocycles. The molecule has 0 aliphatic carbocycles. The molecule has 18 heavy (non-hydrogen) atoms. The highest BCUT2D eigenvalue weighted by Crippen LogP contribution is 2.13. The van der Waals surface area contributed by atoms with Crippen molar-refractivity contribution in [1.82, 2.24) is 9.88 Å². The fourth-order valence-electron chi connectivity index (χ4n) is 1.96. The van der Waals surface area contributed by atoms with Crippen LogP contribution in [-0.2, 0) is 11.2 Å². The van der Waals surface area contributed by atoms with E-state index in [0.717, 1.165) is 45.0 Å². The molecule has 0 unspecified atom stereocenters. The number of rotatable bonds is 4. The van der Waals surface area contributed by atoms with Gasteiger partial charge in [0.2, 0.25) is 0 Å². The molecule has 1 aliphatic rings. The molecule has 0 saturated carbocycles. The van der Waals surface area contributed by atoms with Gasteiger partial charge in [0.1, 0.15) is 11.4 Å². The van der Waals surface area contributed by atoms with Gasteiger partial charge in [-0.15, -0.1) is 0 Å². The van der Waals surface area contributed by atoms with Crippen LogP contribution in [0.4, 0.5) is 0 Å². The average molecular weight is 249 g/mol. The fourth-order valence-corrected chi connectivity index (χ4v) is 1.96. The van der Waals surface area contributed by atoms with E-state index in [-0.39, 0.29) is 5.75 Å². The van der Waals surface area contributed by atoms with Crippen LogP contribution in [0, 0.1) is 0 Å². The lowest BCUT2D eigenvalue weighted by molar-refractivity contribution is 0.0383. The molecule has 0 spiro atoms. The highest BCUT2D eigenvalue weighted by Gasteiger charge is 2.10. The fraction of sp³-hybridized carbons (Fsp3) is 0.538. The molecule has 0 amide bonds. The Kier molecular flexibility index (Phi) is 4.66. The Labute approximate surface area is 107 Å². The van der Waals surface area contributed by atoms with Crippen LogP contribution in [-0.4, -0.2) is 61.1 Å². The monoisotopic (exact) mass is 249 g/mol. The van der Waals surface area contributed by atoms with Crippen LogP contribution in [0.5, 0.6) is 5.75 Å². The molecule has 1 aliphatic heterocycles. The zero-order valence-electron chi connectivity index (χ0n) is 10.7. The highest BCUT2D eigenvalue weighted by molar-refractivity contribution is 5.80. The molecule has 5 heteroatoms. The Morgan fingerprint density at radius 1 is 1.44 bits per heavy atom. The molecule has 5 nitrogen and oxygen atoms in total. The van der Waals surface area contributed by atoms with Crippen LogP contribution in [0.3, 0.4) is 0 Å². The lowest BCUT2D eigenvalue weighted by atomic mass is 10.2. The van der Waals surface area contributed by atoms with E-state index in [1.807, 2.05) is 6.07 Å². The van der Waals surface area contributed by atoms with Crippen LogP contribution < -0.4 is 0 Å². The topological polar surface area (TPSA) is 58.0 Å². The first-order valence-electron chi connectivity index (χ1n) is 6.21. The summed E-state index contributed by atoms with van der Waals surface area (Å²) in [5.74, 6) is 0.177. The summed E-state index contributed by atoms with van der Waals surface area (Å²) in [6.07, 6.45) is 2.46. The number of aromatic nitrogens is 1. The summed E-state index contributed by atoms with van der Waals surface area (Å²) in [5, 5.41) is 9.60. The smallest absolute Gasteiger partial charge is 0.142 e. The second-order valence-corrected chi connectivity index (χ2v) is 4.30. The number of pyridine rings is 1. The molecule has 1 aromatic rings. The lowest BCUT2D eigenvalue weighted by Crippen LogP contribution is -2.37. The van der Waals surface area contributed by atoms with Gasteiger partial charge < -0.3 is 9.84 Å². The van der Waals surface area contributed by atoms with Crippen LogP contribution in [0.15, 0.2) is 17.1 Å². The van der Waals surface area contributed by atoms with Gasteiger partial charge in [0.15, 0.2) is 0 Å². The summed E-state index contributed by atoms with van der Waals surface area (Å²) in [6, 6.07) is 3.54. The third-order valence-corrected chi connectivity index (χ3v) is 3.00. The van der Waals surface area contributed by atoms with Crippen molar-refractivity contribution in [2.75, 3.05) is 39.9 Å². The van der Waals surface area contributed by atoms with Crippen LogP contribution in [0.2, 0.25) is 0 Å². The number of ether oxygens (including phenoxy) is 1. The number of morpholine rings is 1. The molecular formula is C13H19N3O2. The Morgan fingerprint density at radius 3 is 2.94 bits per heavy atom. The zero-order chi connectivity index (χ0) is 12.8. The molecular weight excluding hydrogens is 230 g/mol. The quantitative estimate of drug-likeness (QED) is 0.798. The molecule has 1 aromatic heterocycles. The van der Waals surface area contributed by atoms with Gasteiger partial charge in [0.05, 0.1) is 19.4 Å².